The molecule has 1 aromatic rings. The average molecular weight is 393 g/mol. The summed E-state index contributed by atoms with van der Waals surface area (Å²) in [5, 5.41) is 15.9. The van der Waals surface area contributed by atoms with Crippen LogP contribution in [0.25, 0.3) is 0 Å². The number of hydrogen-bond acceptors (Lipinski definition) is 7. The van der Waals surface area contributed by atoms with Gasteiger partial charge in [-0.1, -0.05) is 19.8 Å². The van der Waals surface area contributed by atoms with Crippen molar-refractivity contribution in [3.8, 4) is 5.75 Å². The molecule has 1 aliphatic carbocycles. The number of carbonyl (C=O) groups excluding carboxylic acids is 3. The van der Waals surface area contributed by atoms with E-state index in [1.807, 2.05) is 6.92 Å². The first-order chi connectivity index (χ1) is 13.3. The molecule has 10 nitrogen and oxygen atoms in total. The number of hydrogen-bond donors (Lipinski definition) is 2. The fourth-order valence-corrected chi connectivity index (χ4v) is 3.07. The molecule has 1 aliphatic rings. The summed E-state index contributed by atoms with van der Waals surface area (Å²) in [5.74, 6) is -1.40. The summed E-state index contributed by atoms with van der Waals surface area (Å²) in [6.07, 6.45) is 4.02. The van der Waals surface area contributed by atoms with Crippen LogP contribution in [0, 0.1) is 16.0 Å². The van der Waals surface area contributed by atoms with Gasteiger partial charge in [0.1, 0.15) is 0 Å². The molecule has 0 radical (unpaired) electrons. The van der Waals surface area contributed by atoms with Crippen molar-refractivity contribution in [1.82, 2.24) is 10.6 Å². The zero-order chi connectivity index (χ0) is 20.7. The van der Waals surface area contributed by atoms with E-state index in [1.165, 1.54) is 19.2 Å². The van der Waals surface area contributed by atoms with Crippen LogP contribution in [0.2, 0.25) is 0 Å². The van der Waals surface area contributed by atoms with E-state index in [0.29, 0.717) is 5.92 Å². The second-order valence-corrected chi connectivity index (χ2v) is 6.61. The third-order valence-corrected chi connectivity index (χ3v) is 4.63. The number of nitrogens with one attached hydrogen (secondary N) is 2. The maximum atomic E-state index is 12.0. The molecule has 2 rings (SSSR count). The van der Waals surface area contributed by atoms with Crippen LogP contribution in [0.4, 0.5) is 10.5 Å². The zero-order valence-corrected chi connectivity index (χ0v) is 15.7. The third kappa shape index (κ3) is 5.66. The van der Waals surface area contributed by atoms with Gasteiger partial charge in [-0.05, 0) is 30.9 Å². The lowest BCUT2D eigenvalue weighted by atomic mass is 9.86. The predicted molar refractivity (Wildman–Crippen MR) is 98.0 cm³/mol. The van der Waals surface area contributed by atoms with E-state index in [-0.39, 0.29) is 17.4 Å². The first kappa shape index (κ1) is 21.1. The minimum Gasteiger partial charge on any atom is -0.490 e. The van der Waals surface area contributed by atoms with Gasteiger partial charge < -0.3 is 14.8 Å². The van der Waals surface area contributed by atoms with Gasteiger partial charge in [0.25, 0.3) is 5.91 Å². The molecule has 0 unspecified atom stereocenters. The van der Waals surface area contributed by atoms with E-state index >= 15 is 0 Å². The van der Waals surface area contributed by atoms with E-state index in [0.717, 1.165) is 31.7 Å². The van der Waals surface area contributed by atoms with Crippen molar-refractivity contribution in [3.63, 3.8) is 0 Å². The number of benzene rings is 1. The molecule has 0 bridgehead atoms. The highest BCUT2D eigenvalue weighted by atomic mass is 16.6. The Morgan fingerprint density at radius 1 is 1.25 bits per heavy atom. The molecular formula is C18H23N3O7. The van der Waals surface area contributed by atoms with Gasteiger partial charge in [0.05, 0.1) is 17.6 Å². The van der Waals surface area contributed by atoms with E-state index in [1.54, 1.807) is 0 Å². The second kappa shape index (κ2) is 9.67. The maximum absolute atomic E-state index is 12.0. The van der Waals surface area contributed by atoms with Crippen LogP contribution in [0.5, 0.6) is 5.75 Å². The summed E-state index contributed by atoms with van der Waals surface area (Å²) >= 11 is 0. The number of imide groups is 1. The van der Waals surface area contributed by atoms with Crippen molar-refractivity contribution in [2.75, 3.05) is 13.7 Å². The molecule has 10 heteroatoms. The number of nitro benzene ring substituents is 1. The molecule has 2 N–H and O–H groups in total. The average Bonchev–Trinajstić information content (AvgIpc) is 2.67. The third-order valence-electron chi connectivity index (χ3n) is 4.63. The van der Waals surface area contributed by atoms with Gasteiger partial charge in [-0.15, -0.1) is 0 Å². The van der Waals surface area contributed by atoms with E-state index < -0.39 is 35.1 Å². The Labute approximate surface area is 161 Å². The largest absolute Gasteiger partial charge is 0.490 e. The molecule has 1 aromatic carbocycles. The molecule has 152 valence electrons. The standard InChI is InChI=1S/C18H23N3O7/c1-11-5-3-4-6-13(11)19-18(24)20-16(22)10-28-17(23)12-7-8-15(27-2)14(9-12)21(25)26/h7-9,11,13H,3-6,10H2,1-2H3,(H2,19,20,22,24)/t11-,13-/m1/s1. The molecule has 0 heterocycles. The quantitative estimate of drug-likeness (QED) is 0.429. The number of urea groups is 1. The maximum Gasteiger partial charge on any atom is 0.338 e. The molecule has 28 heavy (non-hydrogen) atoms. The SMILES string of the molecule is COc1ccc(C(=O)OCC(=O)NC(=O)N[C@@H]2CCCC[C@H]2C)cc1[N+](=O)[O-]. The summed E-state index contributed by atoms with van der Waals surface area (Å²) in [6.45, 7) is 1.36. The van der Waals surface area contributed by atoms with Crippen LogP contribution in [0.3, 0.4) is 0 Å². The fraction of sp³-hybridized carbons (Fsp3) is 0.500. The van der Waals surface area contributed by atoms with E-state index in [2.05, 4.69) is 10.6 Å². The van der Waals surface area contributed by atoms with Crippen molar-refractivity contribution >= 4 is 23.6 Å². The van der Waals surface area contributed by atoms with Gasteiger partial charge >= 0.3 is 17.7 Å². The number of rotatable bonds is 6. The van der Waals surface area contributed by atoms with Crippen molar-refractivity contribution in [3.05, 3.63) is 33.9 Å². The van der Waals surface area contributed by atoms with Gasteiger partial charge in [0.15, 0.2) is 12.4 Å². The highest BCUT2D eigenvalue weighted by molar-refractivity contribution is 5.97. The van der Waals surface area contributed by atoms with Crippen LogP contribution >= 0.6 is 0 Å². The number of esters is 1. The number of ether oxygens (including phenoxy) is 2. The van der Waals surface area contributed by atoms with Crippen LogP contribution in [0.1, 0.15) is 43.0 Å². The second-order valence-electron chi connectivity index (χ2n) is 6.61. The number of nitrogens with zero attached hydrogens (tertiary/aromatic N) is 1. The summed E-state index contributed by atoms with van der Waals surface area (Å²) in [5.41, 5.74) is -0.511. The first-order valence-electron chi connectivity index (χ1n) is 8.91. The lowest BCUT2D eigenvalue weighted by molar-refractivity contribution is -0.385. The summed E-state index contributed by atoms with van der Waals surface area (Å²) in [6, 6.07) is 2.90. The highest BCUT2D eigenvalue weighted by Crippen LogP contribution is 2.27. The van der Waals surface area contributed by atoms with Gasteiger partial charge in [-0.2, -0.15) is 0 Å². The number of carbonyl (C=O) groups is 3. The minimum atomic E-state index is -0.929. The molecule has 0 spiro atoms. The van der Waals surface area contributed by atoms with Gasteiger partial charge in [-0.3, -0.25) is 20.2 Å². The molecule has 3 amide bonds. The smallest absolute Gasteiger partial charge is 0.338 e. The summed E-state index contributed by atoms with van der Waals surface area (Å²) in [4.78, 5) is 46.0. The summed E-state index contributed by atoms with van der Waals surface area (Å²) < 4.78 is 9.67. The molecule has 0 aliphatic heterocycles. The monoisotopic (exact) mass is 393 g/mol. The van der Waals surface area contributed by atoms with Crippen LogP contribution in [0.15, 0.2) is 18.2 Å². The molecular weight excluding hydrogens is 370 g/mol. The Hall–Kier alpha value is -3.17. The van der Waals surface area contributed by atoms with Crippen molar-refractivity contribution in [2.45, 2.75) is 38.6 Å². The minimum absolute atomic E-state index is 0.00366. The Kier molecular flexibility index (Phi) is 7.30. The molecule has 2 atom stereocenters. The molecule has 1 fully saturated rings. The Balaban J connectivity index is 1.85. The molecule has 0 aromatic heterocycles. The molecule has 0 saturated heterocycles. The van der Waals surface area contributed by atoms with Gasteiger partial charge in [0.2, 0.25) is 0 Å². The van der Waals surface area contributed by atoms with Gasteiger partial charge in [-0.25, -0.2) is 9.59 Å². The zero-order valence-electron chi connectivity index (χ0n) is 15.7. The first-order valence-corrected chi connectivity index (χ1v) is 8.91. The number of methoxy groups -OCH3 is 1. The molecule has 1 saturated carbocycles. The Morgan fingerprint density at radius 3 is 2.61 bits per heavy atom. The van der Waals surface area contributed by atoms with E-state index in [9.17, 15) is 24.5 Å². The van der Waals surface area contributed by atoms with Crippen molar-refractivity contribution in [2.24, 2.45) is 5.92 Å². The topological polar surface area (TPSA) is 137 Å². The number of nitro groups is 1. The van der Waals surface area contributed by atoms with Crippen LogP contribution < -0.4 is 15.4 Å². The van der Waals surface area contributed by atoms with Crippen LogP contribution in [-0.4, -0.2) is 42.6 Å². The lowest BCUT2D eigenvalue weighted by Gasteiger charge is -2.29. The van der Waals surface area contributed by atoms with Crippen molar-refractivity contribution in [1.29, 1.82) is 0 Å². The summed E-state index contributed by atoms with van der Waals surface area (Å²) in [7, 11) is 1.27. The van der Waals surface area contributed by atoms with Crippen molar-refractivity contribution < 1.29 is 28.8 Å². The number of amides is 3. The predicted octanol–water partition coefficient (Wildman–Crippen LogP) is 2.16. The van der Waals surface area contributed by atoms with Crippen LogP contribution in [-0.2, 0) is 9.53 Å². The van der Waals surface area contributed by atoms with Gasteiger partial charge in [0, 0.05) is 12.1 Å². The Bertz CT molecular complexity index is 766. The fourth-order valence-electron chi connectivity index (χ4n) is 3.07. The van der Waals surface area contributed by atoms with E-state index in [4.69, 9.17) is 9.47 Å². The Morgan fingerprint density at radius 2 is 1.96 bits per heavy atom. The normalized spacial score (nSPS) is 18.6. The highest BCUT2D eigenvalue weighted by Gasteiger charge is 2.24. The lowest BCUT2D eigenvalue weighted by Crippen LogP contribution is -2.48.